The highest BCUT2D eigenvalue weighted by Crippen LogP contribution is 2.23. The molecular weight excluding hydrogens is 312 g/mol. The van der Waals surface area contributed by atoms with Gasteiger partial charge in [-0.3, -0.25) is 9.69 Å². The molecule has 0 aromatic heterocycles. The molecule has 5 nitrogen and oxygen atoms in total. The van der Waals surface area contributed by atoms with Crippen molar-refractivity contribution in [2.24, 2.45) is 0 Å². The van der Waals surface area contributed by atoms with Crippen LogP contribution < -0.4 is 15.1 Å². The Labute approximate surface area is 148 Å². The minimum atomic E-state index is 0.0309. The number of anilines is 2. The zero-order valence-electron chi connectivity index (χ0n) is 14.4. The second-order valence-corrected chi connectivity index (χ2v) is 6.61. The Balaban J connectivity index is 1.32. The summed E-state index contributed by atoms with van der Waals surface area (Å²) in [5, 5.41) is 2.96. The standard InChI is InChI=1S/C20H24N4O/c25-20-18-8-4-5-9-19(18)24(16-21-20)15-12-22-10-13-23(14-11-22)17-6-2-1-3-7-17/h1-9H,10-16H2,(H,21,25). The molecule has 1 amide bonds. The van der Waals surface area contributed by atoms with E-state index < -0.39 is 0 Å². The van der Waals surface area contributed by atoms with Gasteiger partial charge >= 0.3 is 0 Å². The van der Waals surface area contributed by atoms with E-state index in [0.29, 0.717) is 6.67 Å². The minimum absolute atomic E-state index is 0.0309. The topological polar surface area (TPSA) is 38.8 Å². The number of carbonyl (C=O) groups excluding carboxylic acids is 1. The Hall–Kier alpha value is -2.53. The second kappa shape index (κ2) is 7.15. The maximum absolute atomic E-state index is 12.0. The van der Waals surface area contributed by atoms with Gasteiger partial charge in [-0.25, -0.2) is 0 Å². The van der Waals surface area contributed by atoms with Crippen LogP contribution in [0.3, 0.4) is 0 Å². The summed E-state index contributed by atoms with van der Waals surface area (Å²) in [4.78, 5) is 19.2. The van der Waals surface area contributed by atoms with Gasteiger partial charge in [0.15, 0.2) is 0 Å². The van der Waals surface area contributed by atoms with Crippen LogP contribution in [0, 0.1) is 0 Å². The van der Waals surface area contributed by atoms with Crippen molar-refractivity contribution < 1.29 is 4.79 Å². The van der Waals surface area contributed by atoms with Gasteiger partial charge in [-0.1, -0.05) is 30.3 Å². The van der Waals surface area contributed by atoms with Gasteiger partial charge in [0.05, 0.1) is 17.9 Å². The van der Waals surface area contributed by atoms with Crippen molar-refractivity contribution in [2.75, 3.05) is 55.7 Å². The zero-order chi connectivity index (χ0) is 17.1. The molecule has 0 aliphatic carbocycles. The van der Waals surface area contributed by atoms with E-state index in [9.17, 15) is 4.79 Å². The molecule has 2 heterocycles. The smallest absolute Gasteiger partial charge is 0.254 e. The molecule has 5 heteroatoms. The van der Waals surface area contributed by atoms with E-state index >= 15 is 0 Å². The van der Waals surface area contributed by atoms with Crippen LogP contribution in [0.15, 0.2) is 54.6 Å². The van der Waals surface area contributed by atoms with Crippen LogP contribution in [0.1, 0.15) is 10.4 Å². The fraction of sp³-hybridized carbons (Fsp3) is 0.350. The van der Waals surface area contributed by atoms with Crippen molar-refractivity contribution in [2.45, 2.75) is 0 Å². The van der Waals surface area contributed by atoms with Crippen LogP contribution in [0.4, 0.5) is 11.4 Å². The molecule has 25 heavy (non-hydrogen) atoms. The van der Waals surface area contributed by atoms with Gasteiger partial charge in [-0.2, -0.15) is 0 Å². The van der Waals surface area contributed by atoms with Gasteiger partial charge in [0.1, 0.15) is 0 Å². The molecule has 0 spiro atoms. The van der Waals surface area contributed by atoms with E-state index in [1.165, 1.54) is 5.69 Å². The summed E-state index contributed by atoms with van der Waals surface area (Å²) in [5.41, 5.74) is 3.15. The number of nitrogens with one attached hydrogen (secondary N) is 1. The van der Waals surface area contributed by atoms with Crippen molar-refractivity contribution >= 4 is 17.3 Å². The molecule has 2 aliphatic heterocycles. The number of rotatable bonds is 4. The van der Waals surface area contributed by atoms with Crippen molar-refractivity contribution in [1.29, 1.82) is 0 Å². The fourth-order valence-electron chi connectivity index (χ4n) is 3.62. The lowest BCUT2D eigenvalue weighted by Gasteiger charge is -2.38. The Kier molecular flexibility index (Phi) is 4.57. The SMILES string of the molecule is O=C1NCN(CCN2CCN(c3ccccc3)CC2)c2ccccc21. The summed E-state index contributed by atoms with van der Waals surface area (Å²) >= 11 is 0. The number of nitrogens with zero attached hydrogens (tertiary/aromatic N) is 3. The predicted octanol–water partition coefficient (Wildman–Crippen LogP) is 2.02. The number of piperazine rings is 1. The number of fused-ring (bicyclic) bond motifs is 1. The first-order valence-corrected chi connectivity index (χ1v) is 8.96. The summed E-state index contributed by atoms with van der Waals surface area (Å²) in [6.07, 6.45) is 0. The molecule has 4 rings (SSSR count). The van der Waals surface area contributed by atoms with E-state index in [2.05, 4.69) is 50.3 Å². The zero-order valence-corrected chi connectivity index (χ0v) is 14.4. The lowest BCUT2D eigenvalue weighted by atomic mass is 10.1. The summed E-state index contributed by atoms with van der Waals surface area (Å²) in [6, 6.07) is 18.5. The van der Waals surface area contributed by atoms with Crippen molar-refractivity contribution in [3.05, 3.63) is 60.2 Å². The van der Waals surface area contributed by atoms with E-state index in [1.807, 2.05) is 24.3 Å². The van der Waals surface area contributed by atoms with Gasteiger partial charge in [0.2, 0.25) is 0 Å². The third-order valence-corrected chi connectivity index (χ3v) is 5.10. The van der Waals surface area contributed by atoms with Crippen LogP contribution in [-0.4, -0.2) is 56.7 Å². The summed E-state index contributed by atoms with van der Waals surface area (Å²) in [7, 11) is 0. The van der Waals surface area contributed by atoms with Crippen molar-refractivity contribution in [3.8, 4) is 0 Å². The maximum atomic E-state index is 12.0. The maximum Gasteiger partial charge on any atom is 0.254 e. The Bertz CT molecular complexity index is 725. The molecular formula is C20H24N4O. The van der Waals surface area contributed by atoms with E-state index in [1.54, 1.807) is 0 Å². The monoisotopic (exact) mass is 336 g/mol. The highest BCUT2D eigenvalue weighted by molar-refractivity contribution is 6.01. The molecule has 0 radical (unpaired) electrons. The number of benzene rings is 2. The van der Waals surface area contributed by atoms with E-state index in [-0.39, 0.29) is 5.91 Å². The van der Waals surface area contributed by atoms with Crippen LogP contribution in [0.2, 0.25) is 0 Å². The molecule has 2 aromatic rings. The third-order valence-electron chi connectivity index (χ3n) is 5.10. The Morgan fingerprint density at radius 2 is 1.56 bits per heavy atom. The third kappa shape index (κ3) is 3.46. The number of para-hydroxylation sites is 2. The molecule has 0 bridgehead atoms. The fourth-order valence-corrected chi connectivity index (χ4v) is 3.62. The van der Waals surface area contributed by atoms with Gasteiger partial charge in [0, 0.05) is 45.0 Å². The quantitative estimate of drug-likeness (QED) is 0.927. The summed E-state index contributed by atoms with van der Waals surface area (Å²) in [5.74, 6) is 0.0309. The highest BCUT2D eigenvalue weighted by Gasteiger charge is 2.23. The number of amides is 1. The van der Waals surface area contributed by atoms with Crippen LogP contribution in [0.5, 0.6) is 0 Å². The lowest BCUT2D eigenvalue weighted by Crippen LogP contribution is -2.50. The predicted molar refractivity (Wildman–Crippen MR) is 101 cm³/mol. The van der Waals surface area contributed by atoms with Crippen LogP contribution >= 0.6 is 0 Å². The number of carbonyl (C=O) groups is 1. The molecule has 2 aromatic carbocycles. The number of hydrogen-bond donors (Lipinski definition) is 1. The molecule has 0 saturated carbocycles. The Morgan fingerprint density at radius 1 is 0.840 bits per heavy atom. The molecule has 1 N–H and O–H groups in total. The molecule has 0 atom stereocenters. The molecule has 1 fully saturated rings. The first kappa shape index (κ1) is 16.0. The van der Waals surface area contributed by atoms with E-state index in [0.717, 1.165) is 50.5 Å². The van der Waals surface area contributed by atoms with Crippen molar-refractivity contribution in [1.82, 2.24) is 10.2 Å². The summed E-state index contributed by atoms with van der Waals surface area (Å²) < 4.78 is 0. The van der Waals surface area contributed by atoms with Crippen LogP contribution in [0.25, 0.3) is 0 Å². The average Bonchev–Trinajstić information content (AvgIpc) is 2.69. The van der Waals surface area contributed by atoms with Crippen molar-refractivity contribution in [3.63, 3.8) is 0 Å². The van der Waals surface area contributed by atoms with Gasteiger partial charge in [0.25, 0.3) is 5.91 Å². The average molecular weight is 336 g/mol. The molecule has 2 aliphatic rings. The Morgan fingerprint density at radius 3 is 2.36 bits per heavy atom. The largest absolute Gasteiger partial charge is 0.369 e. The van der Waals surface area contributed by atoms with Gasteiger partial charge in [-0.05, 0) is 24.3 Å². The molecule has 130 valence electrons. The molecule has 1 saturated heterocycles. The van der Waals surface area contributed by atoms with Gasteiger partial charge in [-0.15, -0.1) is 0 Å². The first-order chi connectivity index (χ1) is 12.3. The van der Waals surface area contributed by atoms with E-state index in [4.69, 9.17) is 0 Å². The lowest BCUT2D eigenvalue weighted by molar-refractivity contribution is 0.0947. The number of hydrogen-bond acceptors (Lipinski definition) is 4. The summed E-state index contributed by atoms with van der Waals surface area (Å²) in [6.45, 7) is 6.84. The molecule has 0 unspecified atom stereocenters. The van der Waals surface area contributed by atoms with Gasteiger partial charge < -0.3 is 15.1 Å². The van der Waals surface area contributed by atoms with Crippen LogP contribution in [-0.2, 0) is 0 Å². The first-order valence-electron chi connectivity index (χ1n) is 8.96. The minimum Gasteiger partial charge on any atom is -0.369 e. The normalized spacial score (nSPS) is 18.0. The highest BCUT2D eigenvalue weighted by atomic mass is 16.2. The second-order valence-electron chi connectivity index (χ2n) is 6.61.